The van der Waals surface area contributed by atoms with Crippen LogP contribution in [-0.2, 0) is 4.79 Å². The number of carbonyl (C=O) groups excluding carboxylic acids is 1. The van der Waals surface area contributed by atoms with Crippen LogP contribution in [0.25, 0.3) is 0 Å². The lowest BCUT2D eigenvalue weighted by Gasteiger charge is -2.24. The van der Waals surface area contributed by atoms with Crippen molar-refractivity contribution in [3.8, 4) is 0 Å². The van der Waals surface area contributed by atoms with Crippen LogP contribution < -0.4 is 10.6 Å². The van der Waals surface area contributed by atoms with Crippen molar-refractivity contribution in [2.24, 2.45) is 5.73 Å². The van der Waals surface area contributed by atoms with Crippen LogP contribution in [0.4, 0.5) is 5.69 Å². The molecule has 3 heteroatoms. The number of aryl methyl sites for hydroxylation is 1. The molecule has 0 aromatic heterocycles. The van der Waals surface area contributed by atoms with Gasteiger partial charge in [0.2, 0.25) is 5.91 Å². The summed E-state index contributed by atoms with van der Waals surface area (Å²) in [6.45, 7) is 2.30. The van der Waals surface area contributed by atoms with Gasteiger partial charge >= 0.3 is 0 Å². The number of rotatable bonds is 4. The zero-order valence-corrected chi connectivity index (χ0v) is 11.9. The Morgan fingerprint density at radius 1 is 1.10 bits per heavy atom. The Bertz CT molecular complexity index is 581. The standard InChI is InChI=1S/C17H20N2O/c1-13-8-6-7-11-16(13)19(2)17(20)15(12-18)14-9-4-3-5-10-14/h3-11,15H,12,18H2,1-2H3. The molecule has 0 spiro atoms. The van der Waals surface area contributed by atoms with Crippen molar-refractivity contribution < 1.29 is 4.79 Å². The Kier molecular flexibility index (Phi) is 4.53. The molecule has 0 radical (unpaired) electrons. The van der Waals surface area contributed by atoms with Crippen LogP contribution in [0.2, 0.25) is 0 Å². The maximum Gasteiger partial charge on any atom is 0.235 e. The number of carbonyl (C=O) groups is 1. The van der Waals surface area contributed by atoms with Gasteiger partial charge in [-0.05, 0) is 24.1 Å². The van der Waals surface area contributed by atoms with Gasteiger partial charge in [-0.1, -0.05) is 48.5 Å². The summed E-state index contributed by atoms with van der Waals surface area (Å²) in [5, 5.41) is 0. The Hall–Kier alpha value is -2.13. The third-order valence-corrected chi connectivity index (χ3v) is 3.54. The first-order valence-electron chi connectivity index (χ1n) is 6.73. The molecule has 2 aromatic carbocycles. The molecular weight excluding hydrogens is 248 g/mol. The normalized spacial score (nSPS) is 11.9. The van der Waals surface area contributed by atoms with Crippen molar-refractivity contribution in [2.45, 2.75) is 12.8 Å². The molecule has 0 aliphatic carbocycles. The van der Waals surface area contributed by atoms with E-state index in [2.05, 4.69) is 0 Å². The molecular formula is C17H20N2O. The highest BCUT2D eigenvalue weighted by Crippen LogP contribution is 2.23. The highest BCUT2D eigenvalue weighted by Gasteiger charge is 2.23. The molecule has 1 unspecified atom stereocenters. The quantitative estimate of drug-likeness (QED) is 0.926. The lowest BCUT2D eigenvalue weighted by Crippen LogP contribution is -2.35. The third-order valence-electron chi connectivity index (χ3n) is 3.54. The third kappa shape index (κ3) is 2.89. The number of nitrogens with two attached hydrogens (primary N) is 1. The summed E-state index contributed by atoms with van der Waals surface area (Å²) in [5.41, 5.74) is 8.77. The molecule has 2 rings (SSSR count). The Morgan fingerprint density at radius 2 is 1.70 bits per heavy atom. The highest BCUT2D eigenvalue weighted by molar-refractivity contribution is 5.98. The van der Waals surface area contributed by atoms with Crippen LogP contribution in [0.5, 0.6) is 0 Å². The first kappa shape index (κ1) is 14.3. The zero-order chi connectivity index (χ0) is 14.5. The number of likely N-dealkylation sites (N-methyl/N-ethyl adjacent to an activating group) is 1. The second-order valence-electron chi connectivity index (χ2n) is 4.88. The molecule has 0 bridgehead atoms. The van der Waals surface area contributed by atoms with Gasteiger partial charge in [-0.15, -0.1) is 0 Å². The van der Waals surface area contributed by atoms with Gasteiger partial charge < -0.3 is 10.6 Å². The molecule has 0 aliphatic heterocycles. The molecule has 0 saturated carbocycles. The Labute approximate surface area is 120 Å². The molecule has 2 aromatic rings. The SMILES string of the molecule is Cc1ccccc1N(C)C(=O)C(CN)c1ccccc1. The van der Waals surface area contributed by atoms with Crippen LogP contribution in [-0.4, -0.2) is 19.5 Å². The van der Waals surface area contributed by atoms with E-state index in [-0.39, 0.29) is 11.8 Å². The van der Waals surface area contributed by atoms with Crippen LogP contribution >= 0.6 is 0 Å². The van der Waals surface area contributed by atoms with E-state index >= 15 is 0 Å². The van der Waals surface area contributed by atoms with Crippen molar-refractivity contribution >= 4 is 11.6 Å². The average molecular weight is 268 g/mol. The lowest BCUT2D eigenvalue weighted by atomic mass is 9.97. The number of para-hydroxylation sites is 1. The molecule has 2 N–H and O–H groups in total. The first-order chi connectivity index (χ1) is 9.65. The molecule has 1 atom stereocenters. The van der Waals surface area contributed by atoms with E-state index in [0.717, 1.165) is 16.8 Å². The Morgan fingerprint density at radius 3 is 2.30 bits per heavy atom. The van der Waals surface area contributed by atoms with Gasteiger partial charge in [0.15, 0.2) is 0 Å². The minimum Gasteiger partial charge on any atom is -0.329 e. The largest absolute Gasteiger partial charge is 0.329 e. The molecule has 104 valence electrons. The Balaban J connectivity index is 2.28. The minimum absolute atomic E-state index is 0.0213. The molecule has 0 aliphatic rings. The molecule has 20 heavy (non-hydrogen) atoms. The van der Waals surface area contributed by atoms with Crippen LogP contribution in [0, 0.1) is 6.92 Å². The number of hydrogen-bond donors (Lipinski definition) is 1. The van der Waals surface area contributed by atoms with E-state index in [1.807, 2.05) is 61.5 Å². The number of benzene rings is 2. The van der Waals surface area contributed by atoms with E-state index in [1.165, 1.54) is 0 Å². The fraction of sp³-hybridized carbons (Fsp3) is 0.235. The van der Waals surface area contributed by atoms with Crippen LogP contribution in [0.1, 0.15) is 17.0 Å². The zero-order valence-electron chi connectivity index (χ0n) is 11.9. The van der Waals surface area contributed by atoms with Crippen molar-refractivity contribution in [2.75, 3.05) is 18.5 Å². The summed E-state index contributed by atoms with van der Waals surface area (Å²) in [6, 6.07) is 17.5. The van der Waals surface area contributed by atoms with E-state index in [9.17, 15) is 4.79 Å². The van der Waals surface area contributed by atoms with E-state index < -0.39 is 0 Å². The predicted octanol–water partition coefficient (Wildman–Crippen LogP) is 2.70. The summed E-state index contributed by atoms with van der Waals surface area (Å²) in [7, 11) is 1.80. The summed E-state index contributed by atoms with van der Waals surface area (Å²) in [4.78, 5) is 14.4. The van der Waals surface area contributed by atoms with E-state index in [0.29, 0.717) is 6.54 Å². The van der Waals surface area contributed by atoms with Crippen LogP contribution in [0.3, 0.4) is 0 Å². The second kappa shape index (κ2) is 6.35. The van der Waals surface area contributed by atoms with Gasteiger partial charge in [0.05, 0.1) is 5.92 Å². The summed E-state index contributed by atoms with van der Waals surface area (Å²) in [6.07, 6.45) is 0. The van der Waals surface area contributed by atoms with Crippen molar-refractivity contribution in [3.05, 3.63) is 65.7 Å². The fourth-order valence-corrected chi connectivity index (χ4v) is 2.36. The molecule has 0 saturated heterocycles. The van der Waals surface area contributed by atoms with Crippen molar-refractivity contribution in [1.82, 2.24) is 0 Å². The number of nitrogens with zero attached hydrogens (tertiary/aromatic N) is 1. The predicted molar refractivity (Wildman–Crippen MR) is 82.8 cm³/mol. The summed E-state index contributed by atoms with van der Waals surface area (Å²) in [5.74, 6) is -0.284. The lowest BCUT2D eigenvalue weighted by molar-refractivity contribution is -0.119. The van der Waals surface area contributed by atoms with Gasteiger partial charge in [0.1, 0.15) is 0 Å². The smallest absolute Gasteiger partial charge is 0.235 e. The highest BCUT2D eigenvalue weighted by atomic mass is 16.2. The number of amides is 1. The average Bonchev–Trinajstić information content (AvgIpc) is 2.49. The number of anilines is 1. The molecule has 0 fully saturated rings. The second-order valence-corrected chi connectivity index (χ2v) is 4.88. The van der Waals surface area contributed by atoms with Gasteiger partial charge in [-0.2, -0.15) is 0 Å². The molecule has 1 amide bonds. The van der Waals surface area contributed by atoms with E-state index in [4.69, 9.17) is 5.73 Å². The van der Waals surface area contributed by atoms with Gasteiger partial charge in [0.25, 0.3) is 0 Å². The van der Waals surface area contributed by atoms with E-state index in [1.54, 1.807) is 11.9 Å². The number of hydrogen-bond acceptors (Lipinski definition) is 2. The van der Waals surface area contributed by atoms with Crippen LogP contribution in [0.15, 0.2) is 54.6 Å². The van der Waals surface area contributed by atoms with Crippen molar-refractivity contribution in [3.63, 3.8) is 0 Å². The topological polar surface area (TPSA) is 46.3 Å². The molecule has 3 nitrogen and oxygen atoms in total. The summed E-state index contributed by atoms with van der Waals surface area (Å²) < 4.78 is 0. The van der Waals surface area contributed by atoms with Gasteiger partial charge in [0, 0.05) is 19.3 Å². The maximum atomic E-state index is 12.7. The molecule has 0 heterocycles. The fourth-order valence-electron chi connectivity index (χ4n) is 2.36. The minimum atomic E-state index is -0.305. The maximum absolute atomic E-state index is 12.7. The van der Waals surface area contributed by atoms with Gasteiger partial charge in [-0.25, -0.2) is 0 Å². The van der Waals surface area contributed by atoms with Crippen molar-refractivity contribution in [1.29, 1.82) is 0 Å². The van der Waals surface area contributed by atoms with Gasteiger partial charge in [-0.3, -0.25) is 4.79 Å². The monoisotopic (exact) mass is 268 g/mol. The first-order valence-corrected chi connectivity index (χ1v) is 6.73. The summed E-state index contributed by atoms with van der Waals surface area (Å²) >= 11 is 0.